The zero-order chi connectivity index (χ0) is 9.35. The van der Waals surface area contributed by atoms with Crippen molar-refractivity contribution in [3.63, 3.8) is 0 Å². The molecule has 0 saturated heterocycles. The number of thiazole rings is 1. The van der Waals surface area contributed by atoms with Crippen molar-refractivity contribution < 1.29 is 13.2 Å². The zero-order valence-electron chi connectivity index (χ0n) is 5.55. The number of halogens is 3. The van der Waals surface area contributed by atoms with E-state index in [9.17, 15) is 13.2 Å². The summed E-state index contributed by atoms with van der Waals surface area (Å²) in [6.45, 7) is 0. The fraction of sp³-hybridized carbons (Fsp3) is 0.200. The van der Waals surface area contributed by atoms with E-state index in [4.69, 9.17) is 5.73 Å². The number of thiocarbonyl (C=S) groups is 1. The van der Waals surface area contributed by atoms with Crippen molar-refractivity contribution in [1.29, 1.82) is 0 Å². The Morgan fingerprint density at radius 1 is 1.58 bits per heavy atom. The molecule has 1 aromatic rings. The van der Waals surface area contributed by atoms with Crippen LogP contribution in [-0.4, -0.2) is 9.97 Å². The second kappa shape index (κ2) is 2.98. The molecule has 0 bridgehead atoms. The van der Waals surface area contributed by atoms with Gasteiger partial charge in [0.05, 0.1) is 0 Å². The van der Waals surface area contributed by atoms with Crippen LogP contribution in [0.3, 0.4) is 0 Å². The number of nitrogens with zero attached hydrogens (tertiary/aromatic N) is 1. The SMILES string of the molecule is NC(=S)c1nc(C(F)(F)F)cs1. The molecule has 0 atom stereocenters. The largest absolute Gasteiger partial charge is 0.434 e. The van der Waals surface area contributed by atoms with Gasteiger partial charge < -0.3 is 5.73 Å². The first-order valence-corrected chi connectivity index (χ1v) is 4.02. The Morgan fingerprint density at radius 2 is 2.17 bits per heavy atom. The summed E-state index contributed by atoms with van der Waals surface area (Å²) in [6, 6.07) is 0. The average molecular weight is 212 g/mol. The Bertz CT molecular complexity index is 304. The van der Waals surface area contributed by atoms with E-state index in [1.54, 1.807) is 0 Å². The molecular formula is C5H3F3N2S2. The van der Waals surface area contributed by atoms with Crippen molar-refractivity contribution in [2.24, 2.45) is 5.73 Å². The minimum absolute atomic E-state index is 0.0392. The molecule has 0 aliphatic heterocycles. The average Bonchev–Trinajstić information content (AvgIpc) is 2.30. The van der Waals surface area contributed by atoms with Crippen LogP contribution in [0.2, 0.25) is 0 Å². The van der Waals surface area contributed by atoms with Crippen LogP contribution in [0.5, 0.6) is 0 Å². The molecular weight excluding hydrogens is 209 g/mol. The molecule has 0 radical (unpaired) electrons. The first-order chi connectivity index (χ1) is 5.41. The van der Waals surface area contributed by atoms with E-state index in [-0.39, 0.29) is 10.00 Å². The molecule has 0 aliphatic carbocycles. The normalized spacial score (nSPS) is 11.6. The van der Waals surface area contributed by atoms with E-state index < -0.39 is 11.9 Å². The highest BCUT2D eigenvalue weighted by Gasteiger charge is 2.33. The maximum Gasteiger partial charge on any atom is 0.434 e. The van der Waals surface area contributed by atoms with Crippen molar-refractivity contribution in [2.75, 3.05) is 0 Å². The van der Waals surface area contributed by atoms with Gasteiger partial charge in [-0.2, -0.15) is 13.2 Å². The predicted octanol–water partition coefficient (Wildman–Crippen LogP) is 1.80. The van der Waals surface area contributed by atoms with Gasteiger partial charge in [0, 0.05) is 5.38 Å². The summed E-state index contributed by atoms with van der Waals surface area (Å²) < 4.78 is 35.8. The van der Waals surface area contributed by atoms with Crippen LogP contribution < -0.4 is 5.73 Å². The van der Waals surface area contributed by atoms with E-state index in [1.807, 2.05) is 0 Å². The molecule has 1 aromatic heterocycles. The van der Waals surface area contributed by atoms with Gasteiger partial charge >= 0.3 is 6.18 Å². The summed E-state index contributed by atoms with van der Waals surface area (Å²) in [4.78, 5) is 3.09. The molecule has 66 valence electrons. The summed E-state index contributed by atoms with van der Waals surface area (Å²) in [5.41, 5.74) is 4.13. The molecule has 1 rings (SSSR count). The highest BCUT2D eigenvalue weighted by Crippen LogP contribution is 2.29. The summed E-state index contributed by atoms with van der Waals surface area (Å²) in [7, 11) is 0. The molecule has 0 spiro atoms. The van der Waals surface area contributed by atoms with Crippen molar-refractivity contribution >= 4 is 28.5 Å². The quantitative estimate of drug-likeness (QED) is 0.721. The van der Waals surface area contributed by atoms with E-state index >= 15 is 0 Å². The molecule has 7 heteroatoms. The van der Waals surface area contributed by atoms with Crippen molar-refractivity contribution in [3.05, 3.63) is 16.1 Å². The lowest BCUT2D eigenvalue weighted by molar-refractivity contribution is -0.140. The standard InChI is InChI=1S/C5H3F3N2S2/c6-5(7,8)2-1-12-4(10-2)3(9)11/h1H,(H2,9,11). The predicted molar refractivity (Wildman–Crippen MR) is 43.0 cm³/mol. The van der Waals surface area contributed by atoms with Crippen LogP contribution >= 0.6 is 23.6 Å². The van der Waals surface area contributed by atoms with Gasteiger partial charge in [0.1, 0.15) is 4.99 Å². The number of alkyl halides is 3. The lowest BCUT2D eigenvalue weighted by Crippen LogP contribution is -2.11. The molecule has 0 fully saturated rings. The third kappa shape index (κ3) is 1.92. The fourth-order valence-corrected chi connectivity index (χ4v) is 1.38. The van der Waals surface area contributed by atoms with Crippen LogP contribution in [0, 0.1) is 0 Å². The molecule has 2 nitrogen and oxygen atoms in total. The molecule has 2 N–H and O–H groups in total. The topological polar surface area (TPSA) is 38.9 Å². The maximum atomic E-state index is 11.9. The number of aromatic nitrogens is 1. The van der Waals surface area contributed by atoms with Crippen LogP contribution in [0.4, 0.5) is 13.2 Å². The van der Waals surface area contributed by atoms with Crippen molar-refractivity contribution in [2.45, 2.75) is 6.18 Å². The number of hydrogen-bond donors (Lipinski definition) is 1. The molecule has 0 amide bonds. The number of hydrogen-bond acceptors (Lipinski definition) is 3. The van der Waals surface area contributed by atoms with Crippen LogP contribution in [0.25, 0.3) is 0 Å². The third-order valence-electron chi connectivity index (χ3n) is 1.01. The van der Waals surface area contributed by atoms with E-state index in [0.717, 1.165) is 16.7 Å². The summed E-state index contributed by atoms with van der Waals surface area (Å²) in [6.07, 6.45) is -4.42. The number of nitrogens with two attached hydrogens (primary N) is 1. The van der Waals surface area contributed by atoms with Gasteiger partial charge in [0.2, 0.25) is 0 Å². The first-order valence-electron chi connectivity index (χ1n) is 2.74. The lowest BCUT2D eigenvalue weighted by atomic mass is 10.5. The monoisotopic (exact) mass is 212 g/mol. The van der Waals surface area contributed by atoms with Crippen molar-refractivity contribution in [1.82, 2.24) is 4.98 Å². The molecule has 12 heavy (non-hydrogen) atoms. The Morgan fingerprint density at radius 3 is 2.42 bits per heavy atom. The maximum absolute atomic E-state index is 11.9. The highest BCUT2D eigenvalue weighted by molar-refractivity contribution is 7.81. The van der Waals surface area contributed by atoms with Gasteiger partial charge in [0.25, 0.3) is 0 Å². The third-order valence-corrected chi connectivity index (χ3v) is 2.20. The minimum atomic E-state index is -4.42. The van der Waals surface area contributed by atoms with Gasteiger partial charge in [-0.15, -0.1) is 11.3 Å². The van der Waals surface area contributed by atoms with E-state index in [2.05, 4.69) is 17.2 Å². The van der Waals surface area contributed by atoms with Gasteiger partial charge in [-0.1, -0.05) is 12.2 Å². The van der Waals surface area contributed by atoms with Crippen molar-refractivity contribution in [3.8, 4) is 0 Å². The molecule has 0 saturated carbocycles. The van der Waals surface area contributed by atoms with E-state index in [0.29, 0.717) is 0 Å². The van der Waals surface area contributed by atoms with Gasteiger partial charge in [-0.25, -0.2) is 4.98 Å². The minimum Gasteiger partial charge on any atom is -0.387 e. The Hall–Kier alpha value is -0.690. The van der Waals surface area contributed by atoms with Gasteiger partial charge in [-0.05, 0) is 0 Å². The zero-order valence-corrected chi connectivity index (χ0v) is 7.19. The molecule has 1 heterocycles. The van der Waals surface area contributed by atoms with Gasteiger partial charge in [-0.3, -0.25) is 0 Å². The Balaban J connectivity index is 3.00. The van der Waals surface area contributed by atoms with E-state index in [1.165, 1.54) is 0 Å². The van der Waals surface area contributed by atoms with Crippen LogP contribution in [-0.2, 0) is 6.18 Å². The molecule has 0 unspecified atom stereocenters. The second-order valence-corrected chi connectivity index (χ2v) is 3.20. The summed E-state index contributed by atoms with van der Waals surface area (Å²) >= 11 is 5.24. The smallest absolute Gasteiger partial charge is 0.387 e. The first kappa shape index (κ1) is 9.40. The lowest BCUT2D eigenvalue weighted by Gasteiger charge is -1.99. The van der Waals surface area contributed by atoms with Crippen LogP contribution in [0.15, 0.2) is 5.38 Å². The Labute approximate surface area is 75.2 Å². The second-order valence-electron chi connectivity index (χ2n) is 1.90. The summed E-state index contributed by atoms with van der Waals surface area (Å²) in [5, 5.41) is 0.923. The van der Waals surface area contributed by atoms with Crippen LogP contribution in [0.1, 0.15) is 10.7 Å². The highest BCUT2D eigenvalue weighted by atomic mass is 32.1. The number of rotatable bonds is 1. The molecule has 0 aliphatic rings. The molecule has 0 aromatic carbocycles. The van der Waals surface area contributed by atoms with Gasteiger partial charge in [0.15, 0.2) is 10.7 Å². The fourth-order valence-electron chi connectivity index (χ4n) is 0.517. The summed E-state index contributed by atoms with van der Waals surface area (Å²) in [5.74, 6) is 0. The Kier molecular flexibility index (Phi) is 2.34.